The molecular weight excluding hydrogens is 324 g/mol. The zero-order valence-electron chi connectivity index (χ0n) is 12.5. The lowest BCUT2D eigenvalue weighted by atomic mass is 9.91. The van der Waals surface area contributed by atoms with Gasteiger partial charge in [0, 0.05) is 11.1 Å². The van der Waals surface area contributed by atoms with Crippen LogP contribution in [0, 0.1) is 0 Å². The van der Waals surface area contributed by atoms with Crippen molar-refractivity contribution in [2.45, 2.75) is 16.7 Å². The Morgan fingerprint density at radius 2 is 2.17 bits per heavy atom. The molecule has 1 aromatic heterocycles. The smallest absolute Gasteiger partial charge is 0.254 e. The van der Waals surface area contributed by atoms with Crippen molar-refractivity contribution in [3.63, 3.8) is 0 Å². The van der Waals surface area contributed by atoms with E-state index in [0.29, 0.717) is 0 Å². The number of fused-ring (bicyclic) bond motifs is 1. The van der Waals surface area contributed by atoms with E-state index in [1.165, 1.54) is 0 Å². The predicted octanol–water partition coefficient (Wildman–Crippen LogP) is 4.08. The molecule has 0 saturated heterocycles. The fraction of sp³-hybridized carbons (Fsp3) is 0.167. The van der Waals surface area contributed by atoms with Crippen LogP contribution < -0.4 is 5.32 Å². The highest BCUT2D eigenvalue weighted by Crippen LogP contribution is 2.42. The second kappa shape index (κ2) is 5.85. The van der Waals surface area contributed by atoms with Gasteiger partial charge >= 0.3 is 0 Å². The molecule has 4 rings (SSSR count). The molecule has 3 heterocycles. The molecule has 0 spiro atoms. The van der Waals surface area contributed by atoms with E-state index in [1.54, 1.807) is 29.3 Å². The summed E-state index contributed by atoms with van der Waals surface area (Å²) in [5.41, 5.74) is 4.08. The number of benzene rings is 1. The Balaban J connectivity index is 1.82. The number of amides is 1. The van der Waals surface area contributed by atoms with Crippen LogP contribution in [0.15, 0.2) is 51.8 Å². The summed E-state index contributed by atoms with van der Waals surface area (Å²) < 4.78 is 1.06. The Morgan fingerprint density at radius 1 is 1.35 bits per heavy atom. The van der Waals surface area contributed by atoms with E-state index >= 15 is 0 Å². The van der Waals surface area contributed by atoms with Gasteiger partial charge in [-0.3, -0.25) is 4.79 Å². The van der Waals surface area contributed by atoms with E-state index in [9.17, 15) is 4.79 Å². The second-order valence-corrected chi connectivity index (χ2v) is 7.48. The molecule has 1 unspecified atom stereocenters. The van der Waals surface area contributed by atoms with E-state index in [1.807, 2.05) is 30.5 Å². The van der Waals surface area contributed by atoms with Crippen molar-refractivity contribution in [1.29, 1.82) is 0 Å². The third kappa shape index (κ3) is 2.47. The van der Waals surface area contributed by atoms with Crippen molar-refractivity contribution < 1.29 is 4.79 Å². The maximum absolute atomic E-state index is 12.7. The number of hydrogen-bond acceptors (Lipinski definition) is 4. The summed E-state index contributed by atoms with van der Waals surface area (Å²) >= 11 is 3.29. The first-order valence-corrected chi connectivity index (χ1v) is 9.37. The normalized spacial score (nSPS) is 18.7. The van der Waals surface area contributed by atoms with Crippen LogP contribution in [0.5, 0.6) is 0 Å². The van der Waals surface area contributed by atoms with Crippen LogP contribution in [0.1, 0.15) is 32.4 Å². The molecule has 0 aliphatic carbocycles. The number of nitrogens with one attached hydrogen (secondary N) is 1. The van der Waals surface area contributed by atoms with Crippen molar-refractivity contribution in [1.82, 2.24) is 5.32 Å². The Kier molecular flexibility index (Phi) is 3.69. The number of thioether (sulfide) groups is 1. The second-order valence-electron chi connectivity index (χ2n) is 5.39. The monoisotopic (exact) mass is 338 g/mol. The molecular formula is C18H14N2OS2. The summed E-state index contributed by atoms with van der Waals surface area (Å²) in [7, 11) is 0. The molecule has 1 N–H and O–H groups in total. The number of rotatable bonds is 3. The van der Waals surface area contributed by atoms with Crippen LogP contribution in [0.3, 0.4) is 0 Å². The number of nitrogens with zero attached hydrogens (tertiary/aromatic N) is 1. The molecule has 23 heavy (non-hydrogen) atoms. The minimum absolute atomic E-state index is 0.0159. The Bertz CT molecular complexity index is 874. The van der Waals surface area contributed by atoms with Crippen LogP contribution >= 0.6 is 23.1 Å². The minimum atomic E-state index is 0.0159. The molecule has 0 radical (unpaired) electrons. The number of aliphatic imine (C=N–C) groups is 1. The third-order valence-corrected chi connectivity index (χ3v) is 6.43. The lowest BCUT2D eigenvalue weighted by molar-refractivity contribution is 0.0923. The van der Waals surface area contributed by atoms with Crippen molar-refractivity contribution in [2.75, 3.05) is 6.26 Å². The van der Waals surface area contributed by atoms with Crippen molar-refractivity contribution in [3.05, 3.63) is 64.2 Å². The Labute approximate surface area is 142 Å². The van der Waals surface area contributed by atoms with Crippen molar-refractivity contribution >= 4 is 40.4 Å². The first kappa shape index (κ1) is 14.5. The van der Waals surface area contributed by atoms with Crippen molar-refractivity contribution in [2.24, 2.45) is 4.99 Å². The van der Waals surface area contributed by atoms with Gasteiger partial charge in [0.1, 0.15) is 0 Å². The maximum Gasteiger partial charge on any atom is 0.254 e. The van der Waals surface area contributed by atoms with Gasteiger partial charge in [-0.25, -0.2) is 4.99 Å². The van der Waals surface area contributed by atoms with Crippen LogP contribution in [0.2, 0.25) is 0 Å². The zero-order chi connectivity index (χ0) is 15.8. The predicted molar refractivity (Wildman–Crippen MR) is 96.4 cm³/mol. The first-order valence-electron chi connectivity index (χ1n) is 7.33. The standard InChI is InChI=1S/C18H14N2OS2/c1-22-18-15-13(16(23-18)12-7-8-19-10-12)9-14(20-17(15)21)11-5-3-2-4-6-11/h2-8,14H,9H2,1H3,(H,20,21). The fourth-order valence-corrected chi connectivity index (χ4v) is 5.02. The summed E-state index contributed by atoms with van der Waals surface area (Å²) in [5.74, 6) is 3.05. The molecule has 5 heteroatoms. The minimum Gasteiger partial charge on any atom is -0.345 e. The third-order valence-electron chi connectivity index (χ3n) is 4.05. The van der Waals surface area contributed by atoms with Gasteiger partial charge in [-0.1, -0.05) is 30.3 Å². The SMILES string of the molecule is CSc1sc(C2=C=NC=C2)c2c1C(=O)NC(c1ccccc1)C2. The van der Waals surface area contributed by atoms with Crippen LogP contribution in [0.25, 0.3) is 5.57 Å². The molecule has 1 aromatic carbocycles. The first-order chi connectivity index (χ1) is 11.3. The molecule has 0 bridgehead atoms. The molecule has 2 aliphatic heterocycles. The molecule has 2 aromatic rings. The lowest BCUT2D eigenvalue weighted by Gasteiger charge is -2.25. The lowest BCUT2D eigenvalue weighted by Crippen LogP contribution is -2.35. The molecule has 1 atom stereocenters. The van der Waals surface area contributed by atoms with Gasteiger partial charge in [0.05, 0.1) is 21.4 Å². The molecule has 3 nitrogen and oxygen atoms in total. The van der Waals surface area contributed by atoms with Gasteiger partial charge in [0.25, 0.3) is 5.91 Å². The van der Waals surface area contributed by atoms with Crippen LogP contribution in [0.4, 0.5) is 0 Å². The van der Waals surface area contributed by atoms with E-state index in [2.05, 4.69) is 28.3 Å². The Hall–Kier alpha value is -2.07. The maximum atomic E-state index is 12.7. The molecule has 0 saturated carbocycles. The number of carbonyl (C=O) groups excluding carboxylic acids is 1. The zero-order valence-corrected chi connectivity index (χ0v) is 14.1. The van der Waals surface area contributed by atoms with Gasteiger partial charge in [0.2, 0.25) is 0 Å². The van der Waals surface area contributed by atoms with Crippen LogP contribution in [-0.2, 0) is 6.42 Å². The number of carbonyl (C=O) groups is 1. The number of allylic oxidation sites excluding steroid dienone is 2. The van der Waals surface area contributed by atoms with E-state index < -0.39 is 0 Å². The highest BCUT2D eigenvalue weighted by molar-refractivity contribution is 8.00. The van der Waals surface area contributed by atoms with Gasteiger partial charge in [-0.2, -0.15) is 0 Å². The fourth-order valence-electron chi connectivity index (χ4n) is 2.98. The van der Waals surface area contributed by atoms with Gasteiger partial charge in [-0.05, 0) is 35.7 Å². The number of thiophene rings is 1. The summed E-state index contributed by atoms with van der Waals surface area (Å²) in [5, 5.41) is 3.15. The van der Waals surface area contributed by atoms with Gasteiger partial charge < -0.3 is 5.32 Å². The number of hydrogen-bond donors (Lipinski definition) is 1. The highest BCUT2D eigenvalue weighted by atomic mass is 32.2. The van der Waals surface area contributed by atoms with Gasteiger partial charge in [-0.15, -0.1) is 23.1 Å². The molecule has 2 aliphatic rings. The molecule has 0 fully saturated rings. The summed E-state index contributed by atoms with van der Waals surface area (Å²) in [6.45, 7) is 0. The molecule has 114 valence electrons. The van der Waals surface area contributed by atoms with Crippen molar-refractivity contribution in [3.8, 4) is 0 Å². The summed E-state index contributed by atoms with van der Waals surface area (Å²) in [4.78, 5) is 17.9. The van der Waals surface area contributed by atoms with Gasteiger partial charge in [0.15, 0.2) is 0 Å². The summed E-state index contributed by atoms with van der Waals surface area (Å²) in [6, 6.07) is 10.1. The largest absolute Gasteiger partial charge is 0.345 e. The Morgan fingerprint density at radius 3 is 2.87 bits per heavy atom. The molecule has 1 amide bonds. The topological polar surface area (TPSA) is 41.5 Å². The average Bonchev–Trinajstić information content (AvgIpc) is 3.22. The quantitative estimate of drug-likeness (QED) is 0.857. The summed E-state index contributed by atoms with van der Waals surface area (Å²) in [6.07, 6.45) is 6.52. The van der Waals surface area contributed by atoms with E-state index in [4.69, 9.17) is 0 Å². The van der Waals surface area contributed by atoms with E-state index in [0.717, 1.165) is 37.8 Å². The highest BCUT2D eigenvalue weighted by Gasteiger charge is 2.32. The van der Waals surface area contributed by atoms with Crippen LogP contribution in [-0.4, -0.2) is 18.0 Å². The van der Waals surface area contributed by atoms with E-state index in [-0.39, 0.29) is 11.9 Å². The average molecular weight is 338 g/mol.